The predicted octanol–water partition coefficient (Wildman–Crippen LogP) is 4.49. The first-order chi connectivity index (χ1) is 13.2. The summed E-state index contributed by atoms with van der Waals surface area (Å²) in [7, 11) is 3.04. The number of methoxy groups -OCH3 is 2. The van der Waals surface area contributed by atoms with E-state index >= 15 is 0 Å². The highest BCUT2D eigenvalue weighted by Crippen LogP contribution is 2.30. The number of esters is 1. The van der Waals surface area contributed by atoms with Gasteiger partial charge in [-0.2, -0.15) is 0 Å². The maximum Gasteiger partial charge on any atom is 0.347 e. The summed E-state index contributed by atoms with van der Waals surface area (Å²) < 4.78 is 16.1. The minimum Gasteiger partial charge on any atom is -0.496 e. The number of nitrogens with zero attached hydrogens (tertiary/aromatic N) is 1. The first-order valence-electron chi connectivity index (χ1n) is 8.33. The lowest BCUT2D eigenvalue weighted by Crippen LogP contribution is -2.10. The molecule has 0 aliphatic rings. The fourth-order valence-electron chi connectivity index (χ4n) is 2.50. The fraction of sp³-hybridized carbons (Fsp3) is 0.0909. The number of aromatic nitrogens is 1. The summed E-state index contributed by atoms with van der Waals surface area (Å²) in [4.78, 5) is 16.7. The first-order valence-corrected chi connectivity index (χ1v) is 8.33. The molecule has 0 fully saturated rings. The first kappa shape index (κ1) is 18.2. The molecule has 1 aromatic heterocycles. The molecule has 0 bridgehead atoms. The van der Waals surface area contributed by atoms with Gasteiger partial charge in [-0.15, -0.1) is 0 Å². The second kappa shape index (κ2) is 8.67. The third-order valence-corrected chi connectivity index (χ3v) is 3.85. The monoisotopic (exact) mass is 361 g/mol. The molecule has 136 valence electrons. The van der Waals surface area contributed by atoms with Crippen LogP contribution in [0.15, 0.2) is 66.9 Å². The Morgan fingerprint density at radius 1 is 0.852 bits per heavy atom. The number of hydrogen-bond acceptors (Lipinski definition) is 5. The van der Waals surface area contributed by atoms with Crippen LogP contribution in [0.3, 0.4) is 0 Å². The van der Waals surface area contributed by atoms with Gasteiger partial charge in [0.1, 0.15) is 11.3 Å². The van der Waals surface area contributed by atoms with Crippen LogP contribution in [0.2, 0.25) is 0 Å². The van der Waals surface area contributed by atoms with Crippen molar-refractivity contribution in [3.63, 3.8) is 0 Å². The lowest BCUT2D eigenvalue weighted by Gasteiger charge is -2.11. The van der Waals surface area contributed by atoms with Gasteiger partial charge in [0.25, 0.3) is 0 Å². The Bertz CT molecular complexity index is 952. The van der Waals surface area contributed by atoms with Crippen molar-refractivity contribution in [2.75, 3.05) is 14.2 Å². The molecule has 0 saturated carbocycles. The Hall–Kier alpha value is -3.60. The third-order valence-electron chi connectivity index (χ3n) is 3.85. The molecular weight excluding hydrogens is 342 g/mol. The van der Waals surface area contributed by atoms with Crippen LogP contribution in [-0.2, 0) is 0 Å². The number of ether oxygens (including phenoxy) is 3. The van der Waals surface area contributed by atoms with Gasteiger partial charge in [-0.1, -0.05) is 30.3 Å². The van der Waals surface area contributed by atoms with Gasteiger partial charge in [0.15, 0.2) is 11.5 Å². The minimum absolute atomic E-state index is 0.336. The van der Waals surface area contributed by atoms with Crippen molar-refractivity contribution in [3.05, 3.63) is 83.7 Å². The summed E-state index contributed by atoms with van der Waals surface area (Å²) in [6.07, 6.45) is 5.55. The minimum atomic E-state index is -0.512. The molecule has 5 heteroatoms. The molecule has 0 saturated heterocycles. The van der Waals surface area contributed by atoms with E-state index in [9.17, 15) is 4.79 Å². The highest BCUT2D eigenvalue weighted by Gasteiger charge is 2.16. The van der Waals surface area contributed by atoms with E-state index < -0.39 is 5.97 Å². The molecule has 3 rings (SSSR count). The molecule has 0 unspecified atom stereocenters. The van der Waals surface area contributed by atoms with Crippen molar-refractivity contribution in [2.45, 2.75) is 0 Å². The molecule has 0 aliphatic heterocycles. The summed E-state index contributed by atoms with van der Waals surface area (Å²) in [5.41, 5.74) is 2.10. The largest absolute Gasteiger partial charge is 0.496 e. The van der Waals surface area contributed by atoms with Gasteiger partial charge in [-0.05, 0) is 48.0 Å². The lowest BCUT2D eigenvalue weighted by molar-refractivity contribution is 0.0726. The molecule has 27 heavy (non-hydrogen) atoms. The van der Waals surface area contributed by atoms with Crippen LogP contribution >= 0.6 is 0 Å². The van der Waals surface area contributed by atoms with Crippen molar-refractivity contribution in [3.8, 4) is 17.2 Å². The Labute approximate surface area is 157 Å². The highest BCUT2D eigenvalue weighted by molar-refractivity contribution is 5.94. The maximum atomic E-state index is 12.5. The van der Waals surface area contributed by atoms with Gasteiger partial charge in [-0.3, -0.25) is 4.98 Å². The van der Waals surface area contributed by atoms with Crippen LogP contribution in [0.1, 0.15) is 21.6 Å². The van der Waals surface area contributed by atoms with E-state index in [1.165, 1.54) is 14.2 Å². The zero-order valence-corrected chi connectivity index (χ0v) is 15.1. The van der Waals surface area contributed by atoms with Crippen molar-refractivity contribution in [2.24, 2.45) is 0 Å². The van der Waals surface area contributed by atoms with Crippen molar-refractivity contribution in [1.82, 2.24) is 4.98 Å². The fourth-order valence-corrected chi connectivity index (χ4v) is 2.50. The normalized spacial score (nSPS) is 10.6. The summed E-state index contributed by atoms with van der Waals surface area (Å²) >= 11 is 0. The number of hydrogen-bond donors (Lipinski definition) is 0. The number of para-hydroxylation sites is 1. The van der Waals surface area contributed by atoms with E-state index in [0.29, 0.717) is 22.8 Å². The SMILES string of the molecule is COc1cc(/C=C/c2ccccn2)ccc1OC(=O)c1ccccc1OC. The van der Waals surface area contributed by atoms with E-state index in [4.69, 9.17) is 14.2 Å². The second-order valence-electron chi connectivity index (χ2n) is 5.59. The number of carbonyl (C=O) groups excluding carboxylic acids is 1. The summed E-state index contributed by atoms with van der Waals surface area (Å²) in [5.74, 6) is 0.740. The Morgan fingerprint density at radius 3 is 2.37 bits per heavy atom. The smallest absolute Gasteiger partial charge is 0.347 e. The summed E-state index contributed by atoms with van der Waals surface area (Å²) in [6, 6.07) is 17.9. The summed E-state index contributed by atoms with van der Waals surface area (Å²) in [5, 5.41) is 0. The van der Waals surface area contributed by atoms with E-state index in [0.717, 1.165) is 11.3 Å². The molecule has 2 aromatic carbocycles. The molecule has 5 nitrogen and oxygen atoms in total. The van der Waals surface area contributed by atoms with Crippen LogP contribution in [-0.4, -0.2) is 25.2 Å². The van der Waals surface area contributed by atoms with Gasteiger partial charge in [-0.25, -0.2) is 4.79 Å². The van der Waals surface area contributed by atoms with Crippen LogP contribution in [0.5, 0.6) is 17.2 Å². The predicted molar refractivity (Wildman–Crippen MR) is 104 cm³/mol. The molecule has 3 aromatic rings. The average molecular weight is 361 g/mol. The average Bonchev–Trinajstić information content (AvgIpc) is 2.73. The van der Waals surface area contributed by atoms with Gasteiger partial charge >= 0.3 is 5.97 Å². The summed E-state index contributed by atoms with van der Waals surface area (Å²) in [6.45, 7) is 0. The Kier molecular flexibility index (Phi) is 5.84. The zero-order valence-electron chi connectivity index (χ0n) is 15.1. The van der Waals surface area contributed by atoms with Crippen LogP contribution in [0.25, 0.3) is 12.2 Å². The molecule has 0 N–H and O–H groups in total. The number of carbonyl (C=O) groups is 1. The Morgan fingerprint density at radius 2 is 1.63 bits per heavy atom. The third kappa shape index (κ3) is 4.52. The number of rotatable bonds is 6. The highest BCUT2D eigenvalue weighted by atomic mass is 16.6. The lowest BCUT2D eigenvalue weighted by atomic mass is 10.1. The zero-order chi connectivity index (χ0) is 19.1. The van der Waals surface area contributed by atoms with Crippen molar-refractivity contribution >= 4 is 18.1 Å². The molecular formula is C22H19NO4. The van der Waals surface area contributed by atoms with E-state index in [1.54, 1.807) is 42.6 Å². The van der Waals surface area contributed by atoms with Gasteiger partial charge in [0, 0.05) is 6.20 Å². The van der Waals surface area contributed by atoms with Gasteiger partial charge < -0.3 is 14.2 Å². The van der Waals surface area contributed by atoms with Crippen LogP contribution < -0.4 is 14.2 Å². The maximum absolute atomic E-state index is 12.5. The quantitative estimate of drug-likeness (QED) is 0.478. The van der Waals surface area contributed by atoms with E-state index in [2.05, 4.69) is 4.98 Å². The molecule has 0 aliphatic carbocycles. The Balaban J connectivity index is 1.80. The second-order valence-corrected chi connectivity index (χ2v) is 5.59. The van der Waals surface area contributed by atoms with Crippen LogP contribution in [0, 0.1) is 0 Å². The van der Waals surface area contributed by atoms with Gasteiger partial charge in [0.05, 0.1) is 19.9 Å². The van der Waals surface area contributed by atoms with Crippen molar-refractivity contribution in [1.29, 1.82) is 0 Å². The molecule has 0 amide bonds. The standard InChI is InChI=1S/C22H19NO4/c1-25-19-9-4-3-8-18(19)22(24)27-20-13-11-16(15-21(20)26-2)10-12-17-7-5-6-14-23-17/h3-15H,1-2H3/b12-10+. The van der Waals surface area contributed by atoms with E-state index in [-0.39, 0.29) is 0 Å². The number of benzene rings is 2. The van der Waals surface area contributed by atoms with Crippen molar-refractivity contribution < 1.29 is 19.0 Å². The molecule has 0 spiro atoms. The van der Waals surface area contributed by atoms with Crippen LogP contribution in [0.4, 0.5) is 0 Å². The number of pyridine rings is 1. The molecule has 1 heterocycles. The molecule has 0 radical (unpaired) electrons. The van der Waals surface area contributed by atoms with Gasteiger partial charge in [0.2, 0.25) is 0 Å². The van der Waals surface area contributed by atoms with E-state index in [1.807, 2.05) is 36.4 Å². The topological polar surface area (TPSA) is 57.7 Å². The molecule has 0 atom stereocenters.